The molecule has 0 radical (unpaired) electrons. The van der Waals surface area contributed by atoms with E-state index in [1.807, 2.05) is 0 Å². The van der Waals surface area contributed by atoms with Crippen LogP contribution in [0.4, 0.5) is 0 Å². The van der Waals surface area contributed by atoms with Crippen molar-refractivity contribution in [3.63, 3.8) is 0 Å². The fourth-order valence-corrected chi connectivity index (χ4v) is 5.13. The van der Waals surface area contributed by atoms with Gasteiger partial charge in [-0.05, 0) is 67.7 Å². The van der Waals surface area contributed by atoms with Crippen molar-refractivity contribution in [1.82, 2.24) is 4.98 Å². The van der Waals surface area contributed by atoms with Crippen molar-refractivity contribution >= 4 is 0 Å². The van der Waals surface area contributed by atoms with E-state index in [2.05, 4.69) is 141 Å². The highest BCUT2D eigenvalue weighted by Crippen LogP contribution is 2.42. The molecule has 1 heteroatoms. The van der Waals surface area contributed by atoms with Crippen molar-refractivity contribution < 1.29 is 0 Å². The number of hydrogen-bond donors (Lipinski definition) is 0. The Morgan fingerprint density at radius 1 is 0.472 bits per heavy atom. The molecule has 36 heavy (non-hydrogen) atoms. The lowest BCUT2D eigenvalue weighted by Crippen LogP contribution is -2.29. The van der Waals surface area contributed by atoms with E-state index in [1.54, 1.807) is 0 Å². The second kappa shape index (κ2) is 9.59. The Morgan fingerprint density at radius 2 is 0.944 bits per heavy atom. The fraction of sp³-hybridized carbons (Fsp3) is 0.686. The quantitative estimate of drug-likeness (QED) is 0.405. The smallest absolute Gasteiger partial charge is 0.0494 e. The van der Waals surface area contributed by atoms with Crippen LogP contribution < -0.4 is 0 Å². The summed E-state index contributed by atoms with van der Waals surface area (Å²) in [6.45, 7) is 37.4. The van der Waals surface area contributed by atoms with E-state index in [0.717, 1.165) is 12.8 Å². The third-order valence-corrected chi connectivity index (χ3v) is 7.99. The summed E-state index contributed by atoms with van der Waals surface area (Å²) in [6, 6.07) is 9.72. The number of hydrogen-bond acceptors (Lipinski definition) is 1. The molecule has 0 unspecified atom stereocenters. The number of aromatic nitrogens is 1. The van der Waals surface area contributed by atoms with Gasteiger partial charge in [-0.1, -0.05) is 135 Å². The topological polar surface area (TPSA) is 12.9 Å². The van der Waals surface area contributed by atoms with Crippen LogP contribution in [0.25, 0.3) is 0 Å². The van der Waals surface area contributed by atoms with Crippen LogP contribution in [0.15, 0.2) is 30.5 Å². The van der Waals surface area contributed by atoms with E-state index in [0.29, 0.717) is 0 Å². The highest BCUT2D eigenvalue weighted by atomic mass is 14.7. The van der Waals surface area contributed by atoms with Crippen molar-refractivity contribution in [3.8, 4) is 0 Å². The normalized spacial score (nSPS) is 14.3. The molecule has 0 aliphatic rings. The first-order valence-electron chi connectivity index (χ1n) is 14.0. The molecule has 2 aromatic rings. The SMILES string of the molecule is CC(C)(C)c1ccc(C(C)(C)CCC(C)(C)c2cnc(C(C)(C)C)c(C(C)(C)C)c2)c(C(C)(C)C)c1. The predicted molar refractivity (Wildman–Crippen MR) is 161 cm³/mol. The van der Waals surface area contributed by atoms with Gasteiger partial charge in [0.25, 0.3) is 0 Å². The molecule has 2 rings (SSSR count). The average molecular weight is 492 g/mol. The monoisotopic (exact) mass is 491 g/mol. The highest BCUT2D eigenvalue weighted by molar-refractivity contribution is 5.43. The van der Waals surface area contributed by atoms with Crippen molar-refractivity contribution in [3.05, 3.63) is 64.0 Å². The zero-order valence-electron chi connectivity index (χ0n) is 26.7. The van der Waals surface area contributed by atoms with Crippen LogP contribution in [0.1, 0.15) is 157 Å². The molecule has 1 aromatic carbocycles. The van der Waals surface area contributed by atoms with E-state index in [-0.39, 0.29) is 32.5 Å². The summed E-state index contributed by atoms with van der Waals surface area (Å²) in [5, 5.41) is 0. The molecule has 1 heterocycles. The van der Waals surface area contributed by atoms with E-state index < -0.39 is 0 Å². The second-order valence-corrected chi connectivity index (χ2v) is 16.6. The van der Waals surface area contributed by atoms with Gasteiger partial charge >= 0.3 is 0 Å². The Kier molecular flexibility index (Phi) is 8.15. The minimum Gasteiger partial charge on any atom is -0.260 e. The molecule has 0 fully saturated rings. The summed E-state index contributed by atoms with van der Waals surface area (Å²) >= 11 is 0. The zero-order valence-corrected chi connectivity index (χ0v) is 26.7. The minimum atomic E-state index is 0.0376. The van der Waals surface area contributed by atoms with Crippen molar-refractivity contribution in [2.24, 2.45) is 0 Å². The molecule has 0 amide bonds. The van der Waals surface area contributed by atoms with Crippen LogP contribution in [0.5, 0.6) is 0 Å². The Hall–Kier alpha value is -1.63. The second-order valence-electron chi connectivity index (χ2n) is 16.6. The lowest BCUT2D eigenvalue weighted by molar-refractivity contribution is 0.367. The van der Waals surface area contributed by atoms with Gasteiger partial charge in [-0.3, -0.25) is 4.98 Å². The van der Waals surface area contributed by atoms with Crippen LogP contribution >= 0.6 is 0 Å². The highest BCUT2D eigenvalue weighted by Gasteiger charge is 2.34. The number of benzene rings is 1. The first kappa shape index (κ1) is 30.6. The lowest BCUT2D eigenvalue weighted by Gasteiger charge is -2.37. The fourth-order valence-electron chi connectivity index (χ4n) is 5.13. The summed E-state index contributed by atoms with van der Waals surface area (Å²) in [5.74, 6) is 0. The Balaban J connectivity index is 2.45. The largest absolute Gasteiger partial charge is 0.260 e. The summed E-state index contributed by atoms with van der Waals surface area (Å²) in [6.07, 6.45) is 4.40. The van der Waals surface area contributed by atoms with E-state index in [4.69, 9.17) is 4.98 Å². The van der Waals surface area contributed by atoms with E-state index >= 15 is 0 Å². The summed E-state index contributed by atoms with van der Waals surface area (Å²) in [7, 11) is 0. The molecule has 0 aliphatic carbocycles. The maximum absolute atomic E-state index is 5.06. The zero-order chi connectivity index (χ0) is 28.1. The molecule has 0 saturated heterocycles. The molecule has 0 bridgehead atoms. The molecule has 0 aliphatic heterocycles. The Labute approximate surface area is 224 Å². The van der Waals surface area contributed by atoms with E-state index in [1.165, 1.54) is 33.5 Å². The van der Waals surface area contributed by atoms with Crippen LogP contribution in [-0.2, 0) is 32.5 Å². The van der Waals surface area contributed by atoms with Gasteiger partial charge in [-0.15, -0.1) is 0 Å². The van der Waals surface area contributed by atoms with Crippen LogP contribution in [0.2, 0.25) is 0 Å². The standard InChI is InChI=1S/C35H57N/c1-30(2,3)24-17-18-26(27(21-24)31(4,5)6)35(15,16)20-19-34(13,14)25-22-28(32(7,8)9)29(36-23-25)33(10,11)12/h17-18,21-23H,19-20H2,1-16H3. The maximum Gasteiger partial charge on any atom is 0.0494 e. The van der Waals surface area contributed by atoms with Crippen LogP contribution in [0.3, 0.4) is 0 Å². The number of nitrogens with zero attached hydrogens (tertiary/aromatic N) is 1. The van der Waals surface area contributed by atoms with Gasteiger partial charge in [0.2, 0.25) is 0 Å². The molecule has 0 N–H and O–H groups in total. The van der Waals surface area contributed by atoms with Gasteiger partial charge in [0.05, 0.1) is 0 Å². The molecular formula is C35H57N. The van der Waals surface area contributed by atoms with Crippen molar-refractivity contribution in [1.29, 1.82) is 0 Å². The summed E-state index contributed by atoms with van der Waals surface area (Å²) in [5.41, 5.74) is 8.88. The number of rotatable bonds is 5. The van der Waals surface area contributed by atoms with Gasteiger partial charge in [-0.25, -0.2) is 0 Å². The Morgan fingerprint density at radius 3 is 1.39 bits per heavy atom. The first-order chi connectivity index (χ1) is 15.9. The molecule has 1 aromatic heterocycles. The molecule has 0 spiro atoms. The van der Waals surface area contributed by atoms with Gasteiger partial charge < -0.3 is 0 Å². The predicted octanol–water partition coefficient (Wildman–Crippen LogP) is 10.3. The molecule has 1 nitrogen and oxygen atoms in total. The maximum atomic E-state index is 5.06. The molecule has 0 atom stereocenters. The van der Waals surface area contributed by atoms with Gasteiger partial charge in [-0.2, -0.15) is 0 Å². The van der Waals surface area contributed by atoms with Gasteiger partial charge in [0, 0.05) is 17.3 Å². The summed E-state index contributed by atoms with van der Waals surface area (Å²) in [4.78, 5) is 5.06. The average Bonchev–Trinajstić information content (AvgIpc) is 2.69. The molecular weight excluding hydrogens is 434 g/mol. The summed E-state index contributed by atoms with van der Waals surface area (Å²) < 4.78 is 0. The van der Waals surface area contributed by atoms with Gasteiger partial charge in [0.1, 0.15) is 0 Å². The minimum absolute atomic E-state index is 0.0376. The van der Waals surface area contributed by atoms with Crippen molar-refractivity contribution in [2.45, 2.75) is 156 Å². The molecule has 202 valence electrons. The van der Waals surface area contributed by atoms with E-state index in [9.17, 15) is 0 Å². The lowest BCUT2D eigenvalue weighted by atomic mass is 9.68. The Bertz CT molecular complexity index is 1050. The first-order valence-corrected chi connectivity index (χ1v) is 14.0. The third-order valence-electron chi connectivity index (χ3n) is 7.99. The van der Waals surface area contributed by atoms with Crippen LogP contribution in [0, 0.1) is 0 Å². The van der Waals surface area contributed by atoms with Crippen LogP contribution in [-0.4, -0.2) is 4.98 Å². The third kappa shape index (κ3) is 7.02. The van der Waals surface area contributed by atoms with Crippen molar-refractivity contribution in [2.75, 3.05) is 0 Å². The van der Waals surface area contributed by atoms with Gasteiger partial charge in [0.15, 0.2) is 0 Å². The number of pyridine rings is 1. The molecule has 0 saturated carbocycles.